The Hall–Kier alpha value is -4.95. The molecular formula is C41H39N5O2S. The van der Waals surface area contributed by atoms with Gasteiger partial charge in [-0.25, -0.2) is 0 Å². The molecule has 4 aliphatic rings. The SMILES string of the molecule is CC12CCC(C/C1=N\N=C1\S/C(=C\c3ccc(N4N=C(c5ccccc5)CC4c4ccccc4)cc3)C(=O)N1c1ccc(O)cc1)C2(C)C. The van der Waals surface area contributed by atoms with E-state index in [1.807, 2.05) is 42.5 Å². The Balaban J connectivity index is 1.10. The second-order valence-electron chi connectivity index (χ2n) is 14.2. The summed E-state index contributed by atoms with van der Waals surface area (Å²) in [6.45, 7) is 7.02. The van der Waals surface area contributed by atoms with E-state index in [2.05, 4.69) is 74.3 Å². The Labute approximate surface area is 291 Å². The fourth-order valence-electron chi connectivity index (χ4n) is 7.92. The van der Waals surface area contributed by atoms with Crippen LogP contribution in [0.15, 0.2) is 129 Å². The molecule has 0 aromatic heterocycles. The third kappa shape index (κ3) is 5.48. The van der Waals surface area contributed by atoms with Gasteiger partial charge in [0.25, 0.3) is 5.91 Å². The number of hydrogen-bond donors (Lipinski definition) is 1. The van der Waals surface area contributed by atoms with Crippen LogP contribution in [0.2, 0.25) is 0 Å². The summed E-state index contributed by atoms with van der Waals surface area (Å²) >= 11 is 1.33. The van der Waals surface area contributed by atoms with Crippen molar-refractivity contribution >= 4 is 51.7 Å². The van der Waals surface area contributed by atoms with Crippen molar-refractivity contribution in [2.75, 3.05) is 9.91 Å². The third-order valence-electron chi connectivity index (χ3n) is 11.3. The van der Waals surface area contributed by atoms with E-state index in [0.717, 1.165) is 47.5 Å². The molecule has 8 rings (SSSR count). The van der Waals surface area contributed by atoms with Crippen molar-refractivity contribution in [2.45, 2.75) is 52.5 Å². The first kappa shape index (κ1) is 31.3. The van der Waals surface area contributed by atoms with E-state index < -0.39 is 0 Å². The molecule has 4 aromatic rings. The predicted octanol–water partition coefficient (Wildman–Crippen LogP) is 9.43. The molecule has 49 heavy (non-hydrogen) atoms. The van der Waals surface area contributed by atoms with Gasteiger partial charge in [-0.05, 0) is 102 Å². The summed E-state index contributed by atoms with van der Waals surface area (Å²) in [4.78, 5) is 16.1. The van der Waals surface area contributed by atoms with E-state index in [9.17, 15) is 9.90 Å². The Morgan fingerprint density at radius 3 is 2.16 bits per heavy atom. The zero-order valence-corrected chi connectivity index (χ0v) is 28.8. The lowest BCUT2D eigenvalue weighted by atomic mass is 9.70. The zero-order valence-electron chi connectivity index (χ0n) is 28.0. The van der Waals surface area contributed by atoms with Crippen molar-refractivity contribution in [3.05, 3.63) is 131 Å². The van der Waals surface area contributed by atoms with Gasteiger partial charge in [0.2, 0.25) is 5.17 Å². The molecule has 0 radical (unpaired) electrons. The molecule has 1 N–H and O–H groups in total. The molecule has 2 bridgehead atoms. The van der Waals surface area contributed by atoms with Crippen LogP contribution in [0.5, 0.6) is 5.75 Å². The number of amides is 1. The molecule has 4 aromatic carbocycles. The molecule has 2 aliphatic carbocycles. The summed E-state index contributed by atoms with van der Waals surface area (Å²) < 4.78 is 0. The summed E-state index contributed by atoms with van der Waals surface area (Å²) in [5.41, 5.74) is 7.25. The standard InChI is InChI=1S/C41H39N5O2S/c1-40(2)30-22-23-41(40,3)37(25-30)42-43-39-45(31-18-20-33(47)21-19-31)38(48)36(49-39)24-27-14-16-32(17-15-27)46-35(29-12-8-5-9-13-29)26-34(44-46)28-10-6-4-7-11-28/h4-21,24,30,35,47H,22-23,25-26H2,1-3H3/b36-24-,42-37+,43-39+. The third-order valence-corrected chi connectivity index (χ3v) is 12.3. The summed E-state index contributed by atoms with van der Waals surface area (Å²) in [6.07, 6.45) is 6.02. The fourth-order valence-corrected chi connectivity index (χ4v) is 8.85. The number of phenolic OH excluding ortho intramolecular Hbond substituents is 1. The van der Waals surface area contributed by atoms with Gasteiger partial charge in [0.15, 0.2) is 0 Å². The van der Waals surface area contributed by atoms with Gasteiger partial charge in [-0.2, -0.15) is 10.2 Å². The summed E-state index contributed by atoms with van der Waals surface area (Å²) in [6, 6.07) is 35.8. The minimum Gasteiger partial charge on any atom is -0.508 e. The average molecular weight is 666 g/mol. The van der Waals surface area contributed by atoms with Crippen molar-refractivity contribution in [3.8, 4) is 5.75 Å². The fraction of sp³-hybridized carbons (Fsp3) is 0.268. The van der Waals surface area contributed by atoms with E-state index in [4.69, 9.17) is 15.3 Å². The van der Waals surface area contributed by atoms with Crippen molar-refractivity contribution in [1.82, 2.24) is 0 Å². The number of benzene rings is 4. The topological polar surface area (TPSA) is 80.9 Å². The van der Waals surface area contributed by atoms with Crippen LogP contribution in [0.3, 0.4) is 0 Å². The monoisotopic (exact) mass is 665 g/mol. The van der Waals surface area contributed by atoms with E-state index >= 15 is 0 Å². The lowest BCUT2D eigenvalue weighted by molar-refractivity contribution is -0.113. The molecule has 3 fully saturated rings. The number of hydrazone groups is 1. The van der Waals surface area contributed by atoms with Gasteiger partial charge in [0.05, 0.1) is 28.0 Å². The second-order valence-corrected chi connectivity index (χ2v) is 15.2. The highest BCUT2D eigenvalue weighted by molar-refractivity contribution is 8.19. The summed E-state index contributed by atoms with van der Waals surface area (Å²) in [5, 5.41) is 27.2. The maximum Gasteiger partial charge on any atom is 0.271 e. The van der Waals surface area contributed by atoms with Crippen LogP contribution in [0.4, 0.5) is 11.4 Å². The summed E-state index contributed by atoms with van der Waals surface area (Å²) in [5.74, 6) is 0.585. The highest BCUT2D eigenvalue weighted by Crippen LogP contribution is 2.64. The number of fused-ring (bicyclic) bond motifs is 2. The number of aromatic hydroxyl groups is 1. The predicted molar refractivity (Wildman–Crippen MR) is 201 cm³/mol. The largest absolute Gasteiger partial charge is 0.508 e. The average Bonchev–Trinajstić information content (AvgIpc) is 3.81. The number of phenols is 1. The first-order chi connectivity index (χ1) is 23.7. The Kier molecular flexibility index (Phi) is 7.79. The molecule has 1 amide bonds. The number of hydrogen-bond acceptors (Lipinski definition) is 7. The molecule has 0 spiro atoms. The van der Waals surface area contributed by atoms with E-state index in [0.29, 0.717) is 21.7 Å². The highest BCUT2D eigenvalue weighted by atomic mass is 32.2. The van der Waals surface area contributed by atoms with Gasteiger partial charge in [0, 0.05) is 17.5 Å². The smallest absolute Gasteiger partial charge is 0.271 e. The normalized spacial score (nSPS) is 26.8. The minimum atomic E-state index is -0.168. The molecule has 1 saturated heterocycles. The highest BCUT2D eigenvalue weighted by Gasteiger charge is 2.60. The number of carbonyl (C=O) groups is 1. The number of nitrogens with zero attached hydrogens (tertiary/aromatic N) is 5. The van der Waals surface area contributed by atoms with Crippen LogP contribution < -0.4 is 9.91 Å². The van der Waals surface area contributed by atoms with Crippen LogP contribution in [0, 0.1) is 16.7 Å². The Bertz CT molecular complexity index is 2020. The second kappa shape index (κ2) is 12.2. The van der Waals surface area contributed by atoms with Crippen LogP contribution in [0.25, 0.3) is 6.08 Å². The molecule has 246 valence electrons. The van der Waals surface area contributed by atoms with Gasteiger partial charge in [-0.15, -0.1) is 5.10 Å². The van der Waals surface area contributed by atoms with Gasteiger partial charge >= 0.3 is 0 Å². The van der Waals surface area contributed by atoms with Gasteiger partial charge in [-0.1, -0.05) is 93.6 Å². The van der Waals surface area contributed by atoms with Crippen LogP contribution in [-0.2, 0) is 4.79 Å². The van der Waals surface area contributed by atoms with Crippen LogP contribution in [0.1, 0.15) is 69.2 Å². The number of anilines is 2. The van der Waals surface area contributed by atoms with E-state index in [-0.39, 0.29) is 28.5 Å². The van der Waals surface area contributed by atoms with Gasteiger partial charge in [-0.3, -0.25) is 14.7 Å². The van der Waals surface area contributed by atoms with Crippen molar-refractivity contribution in [2.24, 2.45) is 32.1 Å². The molecule has 8 heteroatoms. The lowest BCUT2D eigenvalue weighted by Gasteiger charge is -2.34. The van der Waals surface area contributed by atoms with E-state index in [1.165, 1.54) is 23.7 Å². The molecule has 7 nitrogen and oxygen atoms in total. The minimum absolute atomic E-state index is 0.0134. The molecule has 2 heterocycles. The van der Waals surface area contributed by atoms with Gasteiger partial charge in [0.1, 0.15) is 5.75 Å². The lowest BCUT2D eigenvalue weighted by Crippen LogP contribution is -2.32. The molecule has 2 saturated carbocycles. The number of rotatable bonds is 6. The zero-order chi connectivity index (χ0) is 33.8. The molecule has 2 aliphatic heterocycles. The Morgan fingerprint density at radius 1 is 0.837 bits per heavy atom. The Morgan fingerprint density at radius 2 is 1.51 bits per heavy atom. The maximum atomic E-state index is 14.0. The molecule has 3 atom stereocenters. The molecule has 3 unspecified atom stereocenters. The first-order valence-electron chi connectivity index (χ1n) is 17.0. The van der Waals surface area contributed by atoms with Crippen LogP contribution in [-0.4, -0.2) is 27.6 Å². The number of carbonyl (C=O) groups excluding carboxylic acids is 1. The van der Waals surface area contributed by atoms with Crippen molar-refractivity contribution in [1.29, 1.82) is 0 Å². The van der Waals surface area contributed by atoms with Crippen molar-refractivity contribution < 1.29 is 9.90 Å². The first-order valence-corrected chi connectivity index (χ1v) is 17.8. The number of thioether (sulfide) groups is 1. The molecular weight excluding hydrogens is 627 g/mol. The maximum absolute atomic E-state index is 14.0. The number of amidine groups is 1. The quantitative estimate of drug-likeness (QED) is 0.164. The van der Waals surface area contributed by atoms with Crippen molar-refractivity contribution in [3.63, 3.8) is 0 Å². The van der Waals surface area contributed by atoms with E-state index in [1.54, 1.807) is 29.2 Å². The van der Waals surface area contributed by atoms with Gasteiger partial charge < -0.3 is 5.11 Å². The summed E-state index contributed by atoms with van der Waals surface area (Å²) in [7, 11) is 0. The van der Waals surface area contributed by atoms with Crippen LogP contribution >= 0.6 is 11.8 Å².